The van der Waals surface area contributed by atoms with E-state index < -0.39 is 0 Å². The first-order chi connectivity index (χ1) is 6.47. The van der Waals surface area contributed by atoms with Gasteiger partial charge in [0.1, 0.15) is 5.60 Å². The first kappa shape index (κ1) is 11.2. The molecule has 0 bridgehead atoms. The zero-order chi connectivity index (χ0) is 10.6. The van der Waals surface area contributed by atoms with E-state index in [-0.39, 0.29) is 11.6 Å². The van der Waals surface area contributed by atoms with Gasteiger partial charge in [-0.15, -0.1) is 0 Å². The molecular formula is C11H19NO2. The van der Waals surface area contributed by atoms with Crippen LogP contribution in [-0.2, 0) is 9.53 Å². The molecule has 0 heterocycles. The summed E-state index contributed by atoms with van der Waals surface area (Å²) in [5.74, 6) is -0.176. The second-order valence-corrected chi connectivity index (χ2v) is 4.61. The van der Waals surface area contributed by atoms with Crippen molar-refractivity contribution in [2.75, 3.05) is 6.54 Å². The summed E-state index contributed by atoms with van der Waals surface area (Å²) in [6, 6.07) is 0.419. The van der Waals surface area contributed by atoms with Gasteiger partial charge in [-0.2, -0.15) is 0 Å². The van der Waals surface area contributed by atoms with Gasteiger partial charge in [-0.3, -0.25) is 4.79 Å². The summed E-state index contributed by atoms with van der Waals surface area (Å²) < 4.78 is 5.18. The summed E-state index contributed by atoms with van der Waals surface area (Å²) in [7, 11) is 0. The number of carbonyl (C=O) groups excluding carboxylic acids is 1. The lowest BCUT2D eigenvalue weighted by Gasteiger charge is -2.20. The number of nitrogens with one attached hydrogen (secondary N) is 1. The van der Waals surface area contributed by atoms with Gasteiger partial charge in [0.15, 0.2) is 0 Å². The third-order valence-electron chi connectivity index (χ3n) is 1.96. The van der Waals surface area contributed by atoms with Gasteiger partial charge in [-0.05, 0) is 33.6 Å². The van der Waals surface area contributed by atoms with Crippen LogP contribution in [0.2, 0.25) is 0 Å². The van der Waals surface area contributed by atoms with Crippen LogP contribution in [0.4, 0.5) is 0 Å². The van der Waals surface area contributed by atoms with Crippen LogP contribution in [0.25, 0.3) is 0 Å². The molecule has 0 radical (unpaired) electrons. The van der Waals surface area contributed by atoms with Crippen molar-refractivity contribution in [1.29, 1.82) is 0 Å². The predicted octanol–water partition coefficient (Wildman–Crippen LogP) is 1.64. The molecule has 0 unspecified atom stereocenters. The Morgan fingerprint density at radius 1 is 1.43 bits per heavy atom. The molecule has 0 spiro atoms. The van der Waals surface area contributed by atoms with Gasteiger partial charge in [0.05, 0.1) is 6.54 Å². The fourth-order valence-electron chi connectivity index (χ4n) is 1.39. The van der Waals surface area contributed by atoms with Crippen LogP contribution in [-0.4, -0.2) is 24.2 Å². The lowest BCUT2D eigenvalue weighted by atomic mass is 10.2. The van der Waals surface area contributed by atoms with Crippen molar-refractivity contribution in [2.45, 2.75) is 45.3 Å². The molecule has 0 saturated carbocycles. The highest BCUT2D eigenvalue weighted by molar-refractivity contribution is 5.72. The zero-order valence-corrected chi connectivity index (χ0v) is 9.17. The van der Waals surface area contributed by atoms with Crippen LogP contribution in [0.3, 0.4) is 0 Å². The molecule has 0 aromatic rings. The highest BCUT2D eigenvalue weighted by Gasteiger charge is 2.17. The van der Waals surface area contributed by atoms with E-state index in [4.69, 9.17) is 4.74 Å². The predicted molar refractivity (Wildman–Crippen MR) is 56.0 cm³/mol. The Labute approximate surface area is 85.5 Å². The summed E-state index contributed by atoms with van der Waals surface area (Å²) in [6.07, 6.45) is 6.30. The van der Waals surface area contributed by atoms with Crippen molar-refractivity contribution >= 4 is 5.97 Å². The molecule has 1 rings (SSSR count). The topological polar surface area (TPSA) is 38.3 Å². The first-order valence-corrected chi connectivity index (χ1v) is 5.07. The molecule has 3 heteroatoms. The normalized spacial score (nSPS) is 17.4. The Kier molecular flexibility index (Phi) is 3.69. The van der Waals surface area contributed by atoms with Gasteiger partial charge < -0.3 is 10.1 Å². The van der Waals surface area contributed by atoms with E-state index in [0.717, 1.165) is 12.8 Å². The maximum absolute atomic E-state index is 11.3. The van der Waals surface area contributed by atoms with E-state index in [2.05, 4.69) is 17.5 Å². The Balaban J connectivity index is 2.15. The Bertz CT molecular complexity index is 220. The molecule has 0 atom stereocenters. The van der Waals surface area contributed by atoms with Gasteiger partial charge >= 0.3 is 5.97 Å². The van der Waals surface area contributed by atoms with Crippen molar-refractivity contribution in [2.24, 2.45) is 0 Å². The SMILES string of the molecule is CC(C)(C)OC(=O)CNC1CC=CC1. The highest BCUT2D eigenvalue weighted by Crippen LogP contribution is 2.09. The van der Waals surface area contributed by atoms with Crippen LogP contribution in [0.5, 0.6) is 0 Å². The molecule has 0 aromatic carbocycles. The molecule has 80 valence electrons. The van der Waals surface area contributed by atoms with Gasteiger partial charge in [0, 0.05) is 6.04 Å². The Morgan fingerprint density at radius 2 is 2.00 bits per heavy atom. The minimum atomic E-state index is -0.382. The number of rotatable bonds is 3. The summed E-state index contributed by atoms with van der Waals surface area (Å²) in [6.45, 7) is 5.94. The third kappa shape index (κ3) is 4.42. The van der Waals surface area contributed by atoms with Crippen molar-refractivity contribution in [3.05, 3.63) is 12.2 Å². The number of carbonyl (C=O) groups is 1. The molecule has 1 aliphatic rings. The van der Waals surface area contributed by atoms with E-state index in [9.17, 15) is 4.79 Å². The van der Waals surface area contributed by atoms with Crippen LogP contribution in [0.1, 0.15) is 33.6 Å². The van der Waals surface area contributed by atoms with Gasteiger partial charge in [-0.1, -0.05) is 12.2 Å². The van der Waals surface area contributed by atoms with E-state index >= 15 is 0 Å². The molecule has 0 aliphatic heterocycles. The van der Waals surface area contributed by atoms with Gasteiger partial charge in [-0.25, -0.2) is 0 Å². The number of ether oxygens (including phenoxy) is 1. The van der Waals surface area contributed by atoms with Crippen LogP contribution < -0.4 is 5.32 Å². The standard InChI is InChI=1S/C11H19NO2/c1-11(2,3)14-10(13)8-12-9-6-4-5-7-9/h4-5,9,12H,6-8H2,1-3H3. The smallest absolute Gasteiger partial charge is 0.320 e. The molecule has 1 aliphatic carbocycles. The maximum Gasteiger partial charge on any atom is 0.320 e. The lowest BCUT2D eigenvalue weighted by molar-refractivity contribution is -0.153. The maximum atomic E-state index is 11.3. The van der Waals surface area contributed by atoms with Crippen LogP contribution >= 0.6 is 0 Å². The number of hydrogen-bond acceptors (Lipinski definition) is 3. The molecule has 3 nitrogen and oxygen atoms in total. The molecule has 0 saturated heterocycles. The van der Waals surface area contributed by atoms with E-state index in [0.29, 0.717) is 12.6 Å². The Hall–Kier alpha value is -0.830. The first-order valence-electron chi connectivity index (χ1n) is 5.07. The number of esters is 1. The van der Waals surface area contributed by atoms with Crippen LogP contribution in [0, 0.1) is 0 Å². The monoisotopic (exact) mass is 197 g/mol. The van der Waals surface area contributed by atoms with E-state index in [1.54, 1.807) is 0 Å². The molecule has 1 N–H and O–H groups in total. The quantitative estimate of drug-likeness (QED) is 0.552. The summed E-state index contributed by atoms with van der Waals surface area (Å²) in [5, 5.41) is 3.17. The highest BCUT2D eigenvalue weighted by atomic mass is 16.6. The third-order valence-corrected chi connectivity index (χ3v) is 1.96. The molecule has 0 amide bonds. The minimum Gasteiger partial charge on any atom is -0.459 e. The fraction of sp³-hybridized carbons (Fsp3) is 0.727. The number of hydrogen-bond donors (Lipinski definition) is 1. The molecular weight excluding hydrogens is 178 g/mol. The van der Waals surface area contributed by atoms with E-state index in [1.807, 2.05) is 20.8 Å². The zero-order valence-electron chi connectivity index (χ0n) is 9.17. The molecule has 14 heavy (non-hydrogen) atoms. The molecule has 0 fully saturated rings. The van der Waals surface area contributed by atoms with Gasteiger partial charge in [0.2, 0.25) is 0 Å². The summed E-state index contributed by atoms with van der Waals surface area (Å²) >= 11 is 0. The Morgan fingerprint density at radius 3 is 2.50 bits per heavy atom. The average Bonchev–Trinajstić information content (AvgIpc) is 2.49. The average molecular weight is 197 g/mol. The summed E-state index contributed by atoms with van der Waals surface area (Å²) in [4.78, 5) is 11.3. The second kappa shape index (κ2) is 4.60. The second-order valence-electron chi connectivity index (χ2n) is 4.61. The van der Waals surface area contributed by atoms with Crippen molar-refractivity contribution in [3.8, 4) is 0 Å². The summed E-state index contributed by atoms with van der Waals surface area (Å²) in [5.41, 5.74) is -0.382. The van der Waals surface area contributed by atoms with Crippen molar-refractivity contribution in [3.63, 3.8) is 0 Å². The largest absolute Gasteiger partial charge is 0.459 e. The van der Waals surface area contributed by atoms with E-state index in [1.165, 1.54) is 0 Å². The fourth-order valence-corrected chi connectivity index (χ4v) is 1.39. The minimum absolute atomic E-state index is 0.176. The van der Waals surface area contributed by atoms with Crippen LogP contribution in [0.15, 0.2) is 12.2 Å². The van der Waals surface area contributed by atoms with Crippen molar-refractivity contribution in [1.82, 2.24) is 5.32 Å². The van der Waals surface area contributed by atoms with Crippen molar-refractivity contribution < 1.29 is 9.53 Å². The lowest BCUT2D eigenvalue weighted by Crippen LogP contribution is -2.35. The van der Waals surface area contributed by atoms with Gasteiger partial charge in [0.25, 0.3) is 0 Å². The molecule has 0 aromatic heterocycles.